The average Bonchev–Trinajstić information content (AvgIpc) is 2.79. The molecule has 0 saturated carbocycles. The predicted octanol–water partition coefficient (Wildman–Crippen LogP) is 8.04. The Kier molecular flexibility index (Phi) is 7.66. The van der Waals surface area contributed by atoms with E-state index in [9.17, 15) is 22.8 Å². The van der Waals surface area contributed by atoms with Crippen molar-refractivity contribution in [1.29, 1.82) is 0 Å². The van der Waals surface area contributed by atoms with E-state index in [4.69, 9.17) is 0 Å². The van der Waals surface area contributed by atoms with Crippen molar-refractivity contribution >= 4 is 33.8 Å². The van der Waals surface area contributed by atoms with E-state index in [-0.39, 0.29) is 15.8 Å². The molecule has 168 valence electrons. The van der Waals surface area contributed by atoms with Crippen LogP contribution in [-0.4, -0.2) is 10.2 Å². The summed E-state index contributed by atoms with van der Waals surface area (Å²) in [5, 5.41) is -0.402. The normalized spacial score (nSPS) is 11.2. The van der Waals surface area contributed by atoms with Gasteiger partial charge in [-0.1, -0.05) is 49.6 Å². The first-order valence-electron chi connectivity index (χ1n) is 9.72. The van der Waals surface area contributed by atoms with Gasteiger partial charge in [0, 0.05) is 9.79 Å². The zero-order valence-electron chi connectivity index (χ0n) is 17.6. The largest absolute Gasteiger partial charge is 0.417 e. The summed E-state index contributed by atoms with van der Waals surface area (Å²) in [5.74, 6) is 0. The van der Waals surface area contributed by atoms with Gasteiger partial charge in [-0.2, -0.15) is 13.2 Å². The van der Waals surface area contributed by atoms with Gasteiger partial charge in [0.25, 0.3) is 0 Å². The van der Waals surface area contributed by atoms with Crippen LogP contribution >= 0.6 is 23.5 Å². The van der Waals surface area contributed by atoms with Crippen LogP contribution in [0.1, 0.15) is 12.5 Å². The van der Waals surface area contributed by atoms with Crippen LogP contribution in [0.5, 0.6) is 0 Å². The number of carbonyl (C=O) groups excluding carboxylic acids is 2. The standard InChI is InChI=1S/C26H19F3O2S2/c1-4-24(30)32-20-12-7-18(8-13-20)22-14-9-19(15-23(22)26(27,28)29)17-5-10-21(11-6-17)33-25(31)16(2)3/h4-15H,1-2H2,3H3. The molecule has 2 nitrogen and oxygen atoms in total. The number of benzene rings is 3. The number of thioether (sulfide) groups is 2. The summed E-state index contributed by atoms with van der Waals surface area (Å²) in [4.78, 5) is 24.6. The first-order valence-corrected chi connectivity index (χ1v) is 11.4. The third-order valence-electron chi connectivity index (χ3n) is 4.62. The highest BCUT2D eigenvalue weighted by Gasteiger charge is 2.34. The van der Waals surface area contributed by atoms with Crippen molar-refractivity contribution in [2.45, 2.75) is 22.9 Å². The number of rotatable bonds is 6. The maximum absolute atomic E-state index is 13.9. The van der Waals surface area contributed by atoms with Crippen LogP contribution in [0.2, 0.25) is 0 Å². The Labute approximate surface area is 198 Å². The van der Waals surface area contributed by atoms with Crippen LogP contribution in [0.3, 0.4) is 0 Å². The predicted molar refractivity (Wildman–Crippen MR) is 129 cm³/mol. The van der Waals surface area contributed by atoms with Crippen molar-refractivity contribution in [3.63, 3.8) is 0 Å². The molecule has 33 heavy (non-hydrogen) atoms. The fourth-order valence-electron chi connectivity index (χ4n) is 2.98. The van der Waals surface area contributed by atoms with Crippen molar-refractivity contribution in [2.24, 2.45) is 0 Å². The van der Waals surface area contributed by atoms with Gasteiger partial charge in [-0.15, -0.1) is 0 Å². The van der Waals surface area contributed by atoms with Gasteiger partial charge in [0.2, 0.25) is 10.2 Å². The summed E-state index contributed by atoms with van der Waals surface area (Å²) in [7, 11) is 0. The topological polar surface area (TPSA) is 34.1 Å². The SMILES string of the molecule is C=CC(=O)Sc1ccc(-c2ccc(-c3ccc(SC(=O)C(=C)C)cc3)cc2C(F)(F)F)cc1. The van der Waals surface area contributed by atoms with E-state index in [1.807, 2.05) is 0 Å². The Morgan fingerprint density at radius 1 is 0.818 bits per heavy atom. The quantitative estimate of drug-likeness (QED) is 0.262. The number of hydrogen-bond donors (Lipinski definition) is 0. The van der Waals surface area contributed by atoms with E-state index in [1.54, 1.807) is 61.5 Å². The van der Waals surface area contributed by atoms with E-state index in [2.05, 4.69) is 13.2 Å². The highest BCUT2D eigenvalue weighted by atomic mass is 32.2. The molecule has 0 N–H and O–H groups in total. The number of hydrogen-bond acceptors (Lipinski definition) is 4. The maximum Gasteiger partial charge on any atom is 0.417 e. The Morgan fingerprint density at radius 3 is 1.85 bits per heavy atom. The zero-order valence-corrected chi connectivity index (χ0v) is 19.2. The third-order valence-corrected chi connectivity index (χ3v) is 6.54. The molecule has 7 heteroatoms. The minimum atomic E-state index is -4.55. The lowest BCUT2D eigenvalue weighted by Gasteiger charge is -2.15. The molecule has 0 saturated heterocycles. The van der Waals surface area contributed by atoms with Gasteiger partial charge < -0.3 is 0 Å². The van der Waals surface area contributed by atoms with E-state index < -0.39 is 11.7 Å². The van der Waals surface area contributed by atoms with E-state index in [0.717, 1.165) is 29.6 Å². The minimum Gasteiger partial charge on any atom is -0.282 e. The molecule has 0 unspecified atom stereocenters. The van der Waals surface area contributed by atoms with Crippen molar-refractivity contribution < 1.29 is 22.8 Å². The van der Waals surface area contributed by atoms with Crippen LogP contribution < -0.4 is 0 Å². The minimum absolute atomic E-state index is 0.0528. The Morgan fingerprint density at radius 2 is 1.33 bits per heavy atom. The zero-order chi connectivity index (χ0) is 24.2. The van der Waals surface area contributed by atoms with E-state index in [0.29, 0.717) is 32.1 Å². The molecule has 0 aliphatic heterocycles. The summed E-state index contributed by atoms with van der Waals surface area (Å²) in [6.07, 6.45) is -3.37. The highest BCUT2D eigenvalue weighted by molar-refractivity contribution is 8.14. The summed E-state index contributed by atoms with van der Waals surface area (Å²) in [6.45, 7) is 8.63. The molecular weight excluding hydrogens is 465 g/mol. The molecule has 0 fully saturated rings. The van der Waals surface area contributed by atoms with Crippen LogP contribution in [0.4, 0.5) is 13.2 Å². The van der Waals surface area contributed by atoms with Crippen molar-refractivity contribution in [1.82, 2.24) is 0 Å². The highest BCUT2D eigenvalue weighted by Crippen LogP contribution is 2.40. The molecule has 0 bridgehead atoms. The molecule has 0 aromatic heterocycles. The fourth-order valence-corrected chi connectivity index (χ4v) is 4.23. The summed E-state index contributed by atoms with van der Waals surface area (Å²) in [5.41, 5.74) is 1.14. The third kappa shape index (κ3) is 6.27. The fraction of sp³-hybridized carbons (Fsp3) is 0.0769. The lowest BCUT2D eigenvalue weighted by molar-refractivity contribution is -0.137. The molecule has 3 aromatic carbocycles. The molecule has 0 aliphatic rings. The summed E-state index contributed by atoms with van der Waals surface area (Å²) >= 11 is 1.98. The van der Waals surface area contributed by atoms with E-state index >= 15 is 0 Å². The molecule has 0 amide bonds. The lowest BCUT2D eigenvalue weighted by Crippen LogP contribution is -2.07. The Hall–Kier alpha value is -3.03. The molecule has 0 spiro atoms. The second-order valence-electron chi connectivity index (χ2n) is 7.10. The molecule has 0 atom stereocenters. The maximum atomic E-state index is 13.9. The van der Waals surface area contributed by atoms with Crippen LogP contribution in [-0.2, 0) is 15.8 Å². The first-order chi connectivity index (χ1) is 15.6. The van der Waals surface area contributed by atoms with Crippen LogP contribution in [0, 0.1) is 0 Å². The number of halogens is 3. The van der Waals surface area contributed by atoms with Crippen molar-refractivity contribution in [3.8, 4) is 22.3 Å². The van der Waals surface area contributed by atoms with Crippen LogP contribution in [0.15, 0.2) is 101 Å². The lowest BCUT2D eigenvalue weighted by atomic mass is 9.94. The second-order valence-corrected chi connectivity index (χ2v) is 9.23. The Balaban J connectivity index is 1.93. The van der Waals surface area contributed by atoms with Gasteiger partial charge in [-0.05, 0) is 94.7 Å². The van der Waals surface area contributed by atoms with Gasteiger partial charge in [0.05, 0.1) is 5.56 Å². The number of alkyl halides is 3. The molecule has 3 rings (SSSR count). The summed E-state index contributed by atoms with van der Waals surface area (Å²) < 4.78 is 41.7. The van der Waals surface area contributed by atoms with Gasteiger partial charge in [-0.25, -0.2) is 0 Å². The van der Waals surface area contributed by atoms with Gasteiger partial charge in [-0.3, -0.25) is 9.59 Å². The van der Waals surface area contributed by atoms with E-state index in [1.165, 1.54) is 12.1 Å². The smallest absolute Gasteiger partial charge is 0.282 e. The van der Waals surface area contributed by atoms with Crippen molar-refractivity contribution in [3.05, 3.63) is 97.1 Å². The average molecular weight is 485 g/mol. The molecule has 0 radical (unpaired) electrons. The monoisotopic (exact) mass is 484 g/mol. The molecule has 3 aromatic rings. The molecule has 0 aliphatic carbocycles. The molecule has 0 heterocycles. The van der Waals surface area contributed by atoms with Crippen LogP contribution in [0.25, 0.3) is 22.3 Å². The van der Waals surface area contributed by atoms with Gasteiger partial charge >= 0.3 is 6.18 Å². The van der Waals surface area contributed by atoms with Gasteiger partial charge in [0.1, 0.15) is 0 Å². The summed E-state index contributed by atoms with van der Waals surface area (Å²) in [6, 6.07) is 17.3. The van der Waals surface area contributed by atoms with Crippen molar-refractivity contribution in [2.75, 3.05) is 0 Å². The second kappa shape index (κ2) is 10.3. The molecular formula is C26H19F3O2S2. The van der Waals surface area contributed by atoms with Gasteiger partial charge in [0.15, 0.2) is 0 Å². The Bertz CT molecular complexity index is 1210. The first kappa shape index (κ1) is 24.6. The number of carbonyl (C=O) groups is 2.